The van der Waals surface area contributed by atoms with Gasteiger partial charge in [0, 0.05) is 6.54 Å². The summed E-state index contributed by atoms with van der Waals surface area (Å²) in [5, 5.41) is 0. The Balaban J connectivity index is 1.80. The maximum atomic E-state index is 5.83. The third-order valence-corrected chi connectivity index (χ3v) is 3.93. The summed E-state index contributed by atoms with van der Waals surface area (Å²) in [5.74, 6) is 0.405. The Hall–Kier alpha value is -0.740. The predicted octanol–water partition coefficient (Wildman–Crippen LogP) is 2.56. The van der Waals surface area contributed by atoms with Crippen molar-refractivity contribution in [3.63, 3.8) is 0 Å². The van der Waals surface area contributed by atoms with Crippen LogP contribution < -0.4 is 4.90 Å². The molecule has 2 aliphatic rings. The number of nitrogens with zero attached hydrogens (tertiary/aromatic N) is 2. The molecule has 2 fully saturated rings. The second-order valence-electron chi connectivity index (χ2n) is 4.71. The van der Waals surface area contributed by atoms with E-state index in [1.807, 2.05) is 0 Å². The summed E-state index contributed by atoms with van der Waals surface area (Å²) in [6, 6.07) is 1.14. The molecular weight excluding hydrogens is 240 g/mol. The lowest BCUT2D eigenvalue weighted by atomic mass is 9.90. The summed E-state index contributed by atoms with van der Waals surface area (Å²) in [7, 11) is 0. The number of halogens is 1. The van der Waals surface area contributed by atoms with E-state index in [1.54, 1.807) is 6.26 Å². The second-order valence-corrected chi connectivity index (χ2v) is 4.98. The van der Waals surface area contributed by atoms with Crippen molar-refractivity contribution in [1.82, 2.24) is 4.98 Å². The SMILES string of the molecule is ClCc1coc(N2CCOC3CCCCC32)n1. The highest BCUT2D eigenvalue weighted by atomic mass is 35.5. The van der Waals surface area contributed by atoms with E-state index in [9.17, 15) is 0 Å². The summed E-state index contributed by atoms with van der Waals surface area (Å²) in [6.07, 6.45) is 6.87. The van der Waals surface area contributed by atoms with Gasteiger partial charge in [-0.25, -0.2) is 0 Å². The number of hydrogen-bond acceptors (Lipinski definition) is 4. The van der Waals surface area contributed by atoms with Crippen molar-refractivity contribution in [2.75, 3.05) is 18.1 Å². The van der Waals surface area contributed by atoms with E-state index in [4.69, 9.17) is 20.8 Å². The number of morpholine rings is 1. The van der Waals surface area contributed by atoms with Gasteiger partial charge >= 0.3 is 0 Å². The summed E-state index contributed by atoms with van der Waals surface area (Å²) in [5.41, 5.74) is 0.806. The fraction of sp³-hybridized carbons (Fsp3) is 0.750. The number of ether oxygens (including phenoxy) is 1. The fourth-order valence-electron chi connectivity index (χ4n) is 2.82. The second kappa shape index (κ2) is 4.86. The average Bonchev–Trinajstić information content (AvgIpc) is 2.87. The number of fused-ring (bicyclic) bond motifs is 1. The molecule has 0 N–H and O–H groups in total. The number of anilines is 1. The number of aromatic nitrogens is 1. The monoisotopic (exact) mass is 256 g/mol. The van der Waals surface area contributed by atoms with Gasteiger partial charge in [-0.05, 0) is 12.8 Å². The van der Waals surface area contributed by atoms with E-state index in [0.717, 1.165) is 25.3 Å². The van der Waals surface area contributed by atoms with E-state index in [2.05, 4.69) is 9.88 Å². The maximum absolute atomic E-state index is 5.83. The van der Waals surface area contributed by atoms with Crippen molar-refractivity contribution >= 4 is 17.6 Å². The molecule has 0 aromatic carbocycles. The first kappa shape index (κ1) is 11.4. The Kier molecular flexibility index (Phi) is 3.25. The van der Waals surface area contributed by atoms with E-state index in [0.29, 0.717) is 24.0 Å². The minimum atomic E-state index is 0.351. The number of hydrogen-bond donors (Lipinski definition) is 0. The van der Waals surface area contributed by atoms with Crippen LogP contribution in [0.1, 0.15) is 31.4 Å². The van der Waals surface area contributed by atoms with Crippen LogP contribution in [0.3, 0.4) is 0 Å². The van der Waals surface area contributed by atoms with Gasteiger partial charge in [0.1, 0.15) is 6.26 Å². The Labute approximate surface area is 106 Å². The van der Waals surface area contributed by atoms with Crippen LogP contribution in [0.4, 0.5) is 6.01 Å². The quantitative estimate of drug-likeness (QED) is 0.763. The van der Waals surface area contributed by atoms with Gasteiger partial charge in [-0.1, -0.05) is 12.8 Å². The first-order valence-corrected chi connectivity index (χ1v) is 6.80. The first-order valence-electron chi connectivity index (χ1n) is 6.27. The predicted molar refractivity (Wildman–Crippen MR) is 65.4 cm³/mol. The van der Waals surface area contributed by atoms with Gasteiger partial charge in [0.2, 0.25) is 0 Å². The normalized spacial score (nSPS) is 29.1. The van der Waals surface area contributed by atoms with Crippen molar-refractivity contribution in [1.29, 1.82) is 0 Å². The first-order chi connectivity index (χ1) is 8.38. The molecule has 3 rings (SSSR count). The smallest absolute Gasteiger partial charge is 0.297 e. The zero-order valence-electron chi connectivity index (χ0n) is 9.77. The Morgan fingerprint density at radius 3 is 3.12 bits per heavy atom. The lowest BCUT2D eigenvalue weighted by molar-refractivity contribution is -0.0106. The van der Waals surface area contributed by atoms with Gasteiger partial charge in [0.15, 0.2) is 0 Å². The van der Waals surface area contributed by atoms with E-state index >= 15 is 0 Å². The summed E-state index contributed by atoms with van der Waals surface area (Å²) in [4.78, 5) is 6.67. The van der Waals surface area contributed by atoms with Crippen molar-refractivity contribution in [2.45, 2.75) is 43.7 Å². The largest absolute Gasteiger partial charge is 0.432 e. The van der Waals surface area contributed by atoms with Crippen LogP contribution >= 0.6 is 11.6 Å². The lowest BCUT2D eigenvalue weighted by Crippen LogP contribution is -2.53. The average molecular weight is 257 g/mol. The lowest BCUT2D eigenvalue weighted by Gasteiger charge is -2.42. The van der Waals surface area contributed by atoms with Gasteiger partial charge in [0.05, 0.1) is 30.3 Å². The third-order valence-electron chi connectivity index (χ3n) is 3.65. The molecule has 0 radical (unpaired) electrons. The van der Waals surface area contributed by atoms with Crippen molar-refractivity contribution in [2.24, 2.45) is 0 Å². The highest BCUT2D eigenvalue weighted by Crippen LogP contribution is 2.31. The molecule has 17 heavy (non-hydrogen) atoms. The zero-order valence-corrected chi connectivity index (χ0v) is 10.5. The van der Waals surface area contributed by atoms with Crippen LogP contribution in [-0.2, 0) is 10.6 Å². The number of alkyl halides is 1. The van der Waals surface area contributed by atoms with Crippen LogP contribution in [-0.4, -0.2) is 30.3 Å². The summed E-state index contributed by atoms with van der Waals surface area (Å²) >= 11 is 5.75. The van der Waals surface area contributed by atoms with Crippen LogP contribution in [0.15, 0.2) is 10.7 Å². The topological polar surface area (TPSA) is 38.5 Å². The maximum Gasteiger partial charge on any atom is 0.297 e. The Morgan fingerprint density at radius 1 is 1.41 bits per heavy atom. The van der Waals surface area contributed by atoms with Crippen molar-refractivity contribution in [3.05, 3.63) is 12.0 Å². The molecule has 0 spiro atoms. The summed E-state index contributed by atoms with van der Waals surface area (Å²) in [6.45, 7) is 1.63. The molecule has 1 aromatic rings. The molecule has 2 unspecified atom stereocenters. The van der Waals surface area contributed by atoms with Gasteiger partial charge in [-0.2, -0.15) is 4.98 Å². The molecule has 1 aromatic heterocycles. The van der Waals surface area contributed by atoms with Gasteiger partial charge in [0.25, 0.3) is 6.01 Å². The van der Waals surface area contributed by atoms with Gasteiger partial charge in [-0.15, -0.1) is 11.6 Å². The van der Waals surface area contributed by atoms with Crippen LogP contribution in [0.5, 0.6) is 0 Å². The zero-order chi connectivity index (χ0) is 11.7. The number of rotatable bonds is 2. The summed E-state index contributed by atoms with van der Waals surface area (Å²) < 4.78 is 11.3. The van der Waals surface area contributed by atoms with E-state index in [1.165, 1.54) is 19.3 Å². The van der Waals surface area contributed by atoms with Crippen LogP contribution in [0.25, 0.3) is 0 Å². The van der Waals surface area contributed by atoms with Gasteiger partial charge in [-0.3, -0.25) is 0 Å². The number of oxazole rings is 1. The van der Waals surface area contributed by atoms with Gasteiger partial charge < -0.3 is 14.1 Å². The highest BCUT2D eigenvalue weighted by molar-refractivity contribution is 6.16. The molecule has 2 atom stereocenters. The van der Waals surface area contributed by atoms with Crippen LogP contribution in [0, 0.1) is 0 Å². The fourth-order valence-corrected chi connectivity index (χ4v) is 2.95. The molecule has 1 aliphatic carbocycles. The molecule has 94 valence electrons. The Bertz CT molecular complexity index is 380. The molecule has 0 amide bonds. The minimum absolute atomic E-state index is 0.351. The highest BCUT2D eigenvalue weighted by Gasteiger charge is 2.36. The molecule has 1 saturated carbocycles. The molecular formula is C12H17ClN2O2. The van der Waals surface area contributed by atoms with Crippen LogP contribution in [0.2, 0.25) is 0 Å². The molecule has 1 aliphatic heterocycles. The Morgan fingerprint density at radius 2 is 2.29 bits per heavy atom. The minimum Gasteiger partial charge on any atom is -0.432 e. The van der Waals surface area contributed by atoms with Crippen molar-refractivity contribution < 1.29 is 9.15 Å². The molecule has 0 bridgehead atoms. The van der Waals surface area contributed by atoms with E-state index < -0.39 is 0 Å². The van der Waals surface area contributed by atoms with Crippen molar-refractivity contribution in [3.8, 4) is 0 Å². The third kappa shape index (κ3) is 2.16. The standard InChI is InChI=1S/C12H17ClN2O2/c13-7-9-8-17-12(14-9)15-5-6-16-11-4-2-1-3-10(11)15/h8,10-11H,1-7H2. The molecule has 4 nitrogen and oxygen atoms in total. The molecule has 1 saturated heterocycles. The van der Waals surface area contributed by atoms with E-state index in [-0.39, 0.29) is 0 Å². The molecule has 2 heterocycles. The molecule has 5 heteroatoms.